The Bertz CT molecular complexity index is 1230. The lowest BCUT2D eigenvalue weighted by molar-refractivity contribution is -0.116. The molecule has 6 heteroatoms. The molecule has 0 aliphatic heterocycles. The summed E-state index contributed by atoms with van der Waals surface area (Å²) >= 11 is 0. The van der Waals surface area contributed by atoms with E-state index in [1.807, 2.05) is 37.3 Å². The number of benzene rings is 3. The molecule has 0 spiro atoms. The standard InChI is InChI=1S/C23H19N3O3/c1-16-5-4-6-19(13-16)29-18-11-9-17(10-12-18)25-23(28)15-26-21-8-3-2-7-20(21)22(27)14-24-26/h2-14H,15H2,1H3,(H,25,28). The van der Waals surface area contributed by atoms with E-state index in [-0.39, 0.29) is 17.9 Å². The number of anilines is 1. The molecular formula is C23H19N3O3. The van der Waals surface area contributed by atoms with Gasteiger partial charge < -0.3 is 10.1 Å². The van der Waals surface area contributed by atoms with Gasteiger partial charge in [-0.1, -0.05) is 24.3 Å². The molecule has 6 nitrogen and oxygen atoms in total. The Labute approximate surface area is 167 Å². The van der Waals surface area contributed by atoms with Crippen molar-refractivity contribution in [3.63, 3.8) is 0 Å². The van der Waals surface area contributed by atoms with Crippen molar-refractivity contribution >= 4 is 22.5 Å². The van der Waals surface area contributed by atoms with Gasteiger partial charge in [-0.15, -0.1) is 0 Å². The number of rotatable bonds is 5. The second-order valence-corrected chi connectivity index (χ2v) is 6.67. The van der Waals surface area contributed by atoms with E-state index in [1.165, 1.54) is 10.9 Å². The van der Waals surface area contributed by atoms with Crippen molar-refractivity contribution in [1.29, 1.82) is 0 Å². The van der Waals surface area contributed by atoms with Gasteiger partial charge in [-0.25, -0.2) is 0 Å². The molecule has 0 aliphatic carbocycles. The highest BCUT2D eigenvalue weighted by Gasteiger charge is 2.08. The van der Waals surface area contributed by atoms with Gasteiger partial charge >= 0.3 is 0 Å². The number of carbonyl (C=O) groups excluding carboxylic acids is 1. The van der Waals surface area contributed by atoms with Crippen molar-refractivity contribution in [2.24, 2.45) is 0 Å². The summed E-state index contributed by atoms with van der Waals surface area (Å²) in [6.45, 7) is 2.01. The molecule has 4 aromatic rings. The predicted molar refractivity (Wildman–Crippen MR) is 112 cm³/mol. The Kier molecular flexibility index (Phi) is 5.07. The van der Waals surface area contributed by atoms with Gasteiger partial charge in [-0.3, -0.25) is 14.3 Å². The van der Waals surface area contributed by atoms with Gasteiger partial charge in [-0.2, -0.15) is 5.10 Å². The Morgan fingerprint density at radius 2 is 1.79 bits per heavy atom. The van der Waals surface area contributed by atoms with E-state index in [9.17, 15) is 9.59 Å². The van der Waals surface area contributed by atoms with Crippen LogP contribution in [-0.4, -0.2) is 15.7 Å². The molecule has 0 fully saturated rings. The second kappa shape index (κ2) is 7.98. The van der Waals surface area contributed by atoms with E-state index in [1.54, 1.807) is 42.5 Å². The van der Waals surface area contributed by atoms with Crippen LogP contribution in [0.15, 0.2) is 83.8 Å². The number of para-hydroxylation sites is 1. The van der Waals surface area contributed by atoms with Crippen LogP contribution in [0.4, 0.5) is 5.69 Å². The average Bonchev–Trinajstić information content (AvgIpc) is 2.72. The fourth-order valence-electron chi connectivity index (χ4n) is 3.04. The molecule has 144 valence electrons. The van der Waals surface area contributed by atoms with Crippen LogP contribution < -0.4 is 15.5 Å². The summed E-state index contributed by atoms with van der Waals surface area (Å²) in [5.74, 6) is 1.21. The largest absolute Gasteiger partial charge is 0.457 e. The molecule has 3 aromatic carbocycles. The van der Waals surface area contributed by atoms with Crippen molar-refractivity contribution in [3.8, 4) is 11.5 Å². The molecule has 0 radical (unpaired) electrons. The Balaban J connectivity index is 1.44. The third-order valence-corrected chi connectivity index (χ3v) is 4.42. The fourth-order valence-corrected chi connectivity index (χ4v) is 3.04. The van der Waals surface area contributed by atoms with Gasteiger partial charge in [0.05, 0.1) is 11.7 Å². The minimum absolute atomic E-state index is 0.00232. The van der Waals surface area contributed by atoms with Crippen LogP contribution in [0.3, 0.4) is 0 Å². The Morgan fingerprint density at radius 1 is 1.00 bits per heavy atom. The monoisotopic (exact) mass is 385 g/mol. The van der Waals surface area contributed by atoms with E-state index in [0.717, 1.165) is 11.3 Å². The molecule has 0 saturated heterocycles. The van der Waals surface area contributed by atoms with Crippen molar-refractivity contribution in [2.45, 2.75) is 13.5 Å². The first-order chi connectivity index (χ1) is 14.1. The number of amides is 1. The molecule has 29 heavy (non-hydrogen) atoms. The summed E-state index contributed by atoms with van der Waals surface area (Å²) in [6, 6.07) is 22.0. The quantitative estimate of drug-likeness (QED) is 0.560. The van der Waals surface area contributed by atoms with Crippen LogP contribution in [-0.2, 0) is 11.3 Å². The number of hydrogen-bond donors (Lipinski definition) is 1. The first-order valence-corrected chi connectivity index (χ1v) is 9.18. The maximum absolute atomic E-state index is 12.4. The predicted octanol–water partition coefficient (Wildman–Crippen LogP) is 4.14. The molecule has 1 heterocycles. The number of nitrogens with zero attached hydrogens (tertiary/aromatic N) is 2. The lowest BCUT2D eigenvalue weighted by Crippen LogP contribution is -2.22. The third kappa shape index (κ3) is 4.32. The Morgan fingerprint density at radius 3 is 2.59 bits per heavy atom. The zero-order valence-corrected chi connectivity index (χ0v) is 15.8. The first-order valence-electron chi connectivity index (χ1n) is 9.18. The van der Waals surface area contributed by atoms with E-state index in [2.05, 4.69) is 10.4 Å². The summed E-state index contributed by atoms with van der Waals surface area (Å²) in [4.78, 5) is 24.3. The van der Waals surface area contributed by atoms with E-state index in [4.69, 9.17) is 4.74 Å². The van der Waals surface area contributed by atoms with Gasteiger partial charge in [0, 0.05) is 11.1 Å². The number of carbonyl (C=O) groups is 1. The highest BCUT2D eigenvalue weighted by Crippen LogP contribution is 2.23. The molecule has 0 bridgehead atoms. The fraction of sp³-hybridized carbons (Fsp3) is 0.0870. The van der Waals surface area contributed by atoms with Gasteiger partial charge in [-0.05, 0) is 61.0 Å². The van der Waals surface area contributed by atoms with E-state index in [0.29, 0.717) is 22.3 Å². The van der Waals surface area contributed by atoms with Gasteiger partial charge in [0.15, 0.2) is 0 Å². The van der Waals surface area contributed by atoms with E-state index >= 15 is 0 Å². The summed E-state index contributed by atoms with van der Waals surface area (Å²) in [5.41, 5.74) is 2.23. The van der Waals surface area contributed by atoms with Crippen LogP contribution in [0.25, 0.3) is 10.9 Å². The lowest BCUT2D eigenvalue weighted by Gasteiger charge is -2.11. The number of hydrogen-bond acceptors (Lipinski definition) is 4. The smallest absolute Gasteiger partial charge is 0.246 e. The molecule has 0 unspecified atom stereocenters. The number of ether oxygens (including phenoxy) is 1. The molecule has 0 saturated carbocycles. The minimum Gasteiger partial charge on any atom is -0.457 e. The normalized spacial score (nSPS) is 10.7. The maximum atomic E-state index is 12.4. The van der Waals surface area contributed by atoms with Crippen LogP contribution >= 0.6 is 0 Å². The zero-order valence-electron chi connectivity index (χ0n) is 15.8. The topological polar surface area (TPSA) is 73.2 Å². The van der Waals surface area contributed by atoms with Gasteiger partial charge in [0.25, 0.3) is 0 Å². The minimum atomic E-state index is -0.237. The molecular weight excluding hydrogens is 366 g/mol. The molecule has 1 amide bonds. The van der Waals surface area contributed by atoms with Crippen molar-refractivity contribution < 1.29 is 9.53 Å². The summed E-state index contributed by atoms with van der Waals surface area (Å²) in [5, 5.41) is 7.45. The van der Waals surface area contributed by atoms with Crippen molar-refractivity contribution in [2.75, 3.05) is 5.32 Å². The van der Waals surface area contributed by atoms with Crippen LogP contribution in [0.2, 0.25) is 0 Å². The summed E-state index contributed by atoms with van der Waals surface area (Å²) in [6.07, 6.45) is 1.23. The second-order valence-electron chi connectivity index (χ2n) is 6.67. The number of aryl methyl sites for hydroxylation is 1. The molecule has 0 atom stereocenters. The van der Waals surface area contributed by atoms with E-state index < -0.39 is 0 Å². The van der Waals surface area contributed by atoms with Crippen LogP contribution in [0.5, 0.6) is 11.5 Å². The summed E-state index contributed by atoms with van der Waals surface area (Å²) in [7, 11) is 0. The number of nitrogens with one attached hydrogen (secondary N) is 1. The summed E-state index contributed by atoms with van der Waals surface area (Å²) < 4.78 is 7.33. The highest BCUT2D eigenvalue weighted by atomic mass is 16.5. The lowest BCUT2D eigenvalue weighted by atomic mass is 10.2. The maximum Gasteiger partial charge on any atom is 0.246 e. The number of fused-ring (bicyclic) bond motifs is 1. The molecule has 4 rings (SSSR count). The van der Waals surface area contributed by atoms with Crippen molar-refractivity contribution in [3.05, 3.63) is 94.8 Å². The van der Waals surface area contributed by atoms with Crippen LogP contribution in [0, 0.1) is 6.92 Å². The van der Waals surface area contributed by atoms with Crippen LogP contribution in [0.1, 0.15) is 5.56 Å². The van der Waals surface area contributed by atoms with Crippen molar-refractivity contribution in [1.82, 2.24) is 9.78 Å². The highest BCUT2D eigenvalue weighted by molar-refractivity contribution is 5.91. The average molecular weight is 385 g/mol. The third-order valence-electron chi connectivity index (χ3n) is 4.42. The molecule has 1 aromatic heterocycles. The Hall–Kier alpha value is -3.93. The SMILES string of the molecule is Cc1cccc(Oc2ccc(NC(=O)Cn3ncc(=O)c4ccccc43)cc2)c1. The van der Waals surface area contributed by atoms with Gasteiger partial charge in [0.2, 0.25) is 11.3 Å². The number of aromatic nitrogens is 2. The molecule has 0 aliphatic rings. The van der Waals surface area contributed by atoms with Gasteiger partial charge in [0.1, 0.15) is 18.0 Å². The first kappa shape index (κ1) is 18.4. The molecule has 1 N–H and O–H groups in total. The zero-order chi connectivity index (χ0) is 20.2.